The number of halogens is 4. The highest BCUT2D eigenvalue weighted by atomic mass is 79.9. The van der Waals surface area contributed by atoms with Crippen LogP contribution in [0.1, 0.15) is 61.5 Å². The molecule has 11 nitrogen and oxygen atoms in total. The van der Waals surface area contributed by atoms with Crippen molar-refractivity contribution in [1.82, 2.24) is 39.3 Å². The van der Waals surface area contributed by atoms with Gasteiger partial charge in [0.15, 0.2) is 5.82 Å². The molecule has 0 fully saturated rings. The van der Waals surface area contributed by atoms with E-state index >= 15 is 0 Å². The maximum absolute atomic E-state index is 14.2. The molecule has 4 heterocycles. The van der Waals surface area contributed by atoms with Gasteiger partial charge in [0.25, 0.3) is 17.4 Å². The first-order chi connectivity index (χ1) is 20.1. The molecule has 3 aromatic heterocycles. The summed E-state index contributed by atoms with van der Waals surface area (Å²) in [5.74, 6) is -0.700. The van der Waals surface area contributed by atoms with Gasteiger partial charge in [-0.15, -0.1) is 0 Å². The Morgan fingerprint density at radius 1 is 1.12 bits per heavy atom. The molecule has 0 aliphatic carbocycles. The predicted octanol–water partition coefficient (Wildman–Crippen LogP) is 3.80. The van der Waals surface area contributed by atoms with Gasteiger partial charge < -0.3 is 10.2 Å². The lowest BCUT2D eigenvalue weighted by Crippen LogP contribution is -2.46. The summed E-state index contributed by atoms with van der Waals surface area (Å²) in [7, 11) is 3.09. The SMILES string of the molecule is CNC(=O)c1c(C)c(-n2c(-n3nc(C)cc3C)nc3c(c2=O)CC(C)N(C(=O)c2ccc(Br)c(C(F)(F)F)c2)C3)nn1C. The number of nitrogens with zero attached hydrogens (tertiary/aromatic N) is 7. The smallest absolute Gasteiger partial charge is 0.354 e. The Kier molecular flexibility index (Phi) is 7.57. The van der Waals surface area contributed by atoms with E-state index in [1.165, 1.54) is 38.0 Å². The average Bonchev–Trinajstić information content (AvgIpc) is 3.43. The number of alkyl halides is 3. The molecule has 1 atom stereocenters. The number of amides is 2. The minimum absolute atomic E-state index is 0.0984. The highest BCUT2D eigenvalue weighted by molar-refractivity contribution is 9.10. The van der Waals surface area contributed by atoms with Crippen molar-refractivity contribution in [2.75, 3.05) is 7.05 Å². The summed E-state index contributed by atoms with van der Waals surface area (Å²) in [6.07, 6.45) is -4.56. The van der Waals surface area contributed by atoms with Crippen LogP contribution < -0.4 is 10.9 Å². The van der Waals surface area contributed by atoms with E-state index in [4.69, 9.17) is 4.98 Å². The van der Waals surface area contributed by atoms with Gasteiger partial charge in [-0.05, 0) is 58.4 Å². The van der Waals surface area contributed by atoms with Crippen molar-refractivity contribution in [3.63, 3.8) is 0 Å². The third kappa shape index (κ3) is 5.15. The van der Waals surface area contributed by atoms with Gasteiger partial charge in [0.2, 0.25) is 5.95 Å². The van der Waals surface area contributed by atoms with Crippen molar-refractivity contribution in [1.29, 1.82) is 0 Å². The minimum Gasteiger partial charge on any atom is -0.354 e. The van der Waals surface area contributed by atoms with E-state index in [2.05, 4.69) is 31.4 Å². The second kappa shape index (κ2) is 10.8. The minimum atomic E-state index is -4.65. The van der Waals surface area contributed by atoms with Crippen molar-refractivity contribution in [2.24, 2.45) is 7.05 Å². The molecule has 0 radical (unpaired) electrons. The number of aromatic nitrogens is 6. The van der Waals surface area contributed by atoms with Crippen molar-refractivity contribution in [3.05, 3.63) is 84.1 Å². The molecule has 1 unspecified atom stereocenters. The van der Waals surface area contributed by atoms with Crippen LogP contribution in [-0.2, 0) is 26.2 Å². The summed E-state index contributed by atoms with van der Waals surface area (Å²) in [6.45, 7) is 6.87. The molecule has 1 aromatic carbocycles. The largest absolute Gasteiger partial charge is 0.417 e. The molecule has 0 spiro atoms. The van der Waals surface area contributed by atoms with Gasteiger partial charge in [-0.2, -0.15) is 23.4 Å². The molecule has 5 rings (SSSR count). The Morgan fingerprint density at radius 3 is 2.42 bits per heavy atom. The number of nitrogens with one attached hydrogen (secondary N) is 1. The lowest BCUT2D eigenvalue weighted by atomic mass is 9.98. The molecule has 15 heteroatoms. The second-order valence-electron chi connectivity index (χ2n) is 10.5. The number of carbonyl (C=O) groups is 2. The van der Waals surface area contributed by atoms with Gasteiger partial charge in [-0.3, -0.25) is 19.1 Å². The number of aryl methyl sites for hydroxylation is 3. The maximum atomic E-state index is 14.2. The highest BCUT2D eigenvalue weighted by Crippen LogP contribution is 2.36. The standard InChI is InChI=1S/C28H28BrF3N8O3/c1-13-9-15(3)40(35-13)27-34-21-12-38(25(42)17-7-8-20(29)19(11-17)28(30,31)32)14(2)10-18(21)26(43)39(27)23-16(4)22(24(41)33-5)37(6)36-23/h7-9,11,14H,10,12H2,1-6H3,(H,33,41). The number of hydrogen-bond acceptors (Lipinski definition) is 6. The molecule has 226 valence electrons. The normalized spacial score (nSPS) is 15.0. The van der Waals surface area contributed by atoms with Crippen molar-refractivity contribution >= 4 is 27.7 Å². The highest BCUT2D eigenvalue weighted by Gasteiger charge is 2.36. The first kappa shape index (κ1) is 30.2. The molecular formula is C28H28BrF3N8O3. The van der Waals surface area contributed by atoms with Crippen molar-refractivity contribution < 1.29 is 22.8 Å². The van der Waals surface area contributed by atoms with Crippen LogP contribution in [0.15, 0.2) is 33.5 Å². The van der Waals surface area contributed by atoms with Gasteiger partial charge in [-0.25, -0.2) is 14.2 Å². The van der Waals surface area contributed by atoms with E-state index < -0.39 is 29.2 Å². The van der Waals surface area contributed by atoms with Gasteiger partial charge in [0, 0.05) is 47.0 Å². The third-order valence-electron chi connectivity index (χ3n) is 7.49. The van der Waals surface area contributed by atoms with Crippen LogP contribution in [0, 0.1) is 20.8 Å². The number of carbonyl (C=O) groups excluding carboxylic acids is 2. The molecule has 4 aromatic rings. The Labute approximate surface area is 252 Å². The van der Waals surface area contributed by atoms with Gasteiger partial charge >= 0.3 is 6.18 Å². The molecule has 0 saturated carbocycles. The summed E-state index contributed by atoms with van der Waals surface area (Å²) in [5.41, 5.74) is 1.14. The van der Waals surface area contributed by atoms with Crippen LogP contribution in [0.25, 0.3) is 11.8 Å². The summed E-state index contributed by atoms with van der Waals surface area (Å²) in [6, 6.07) is 4.60. The number of fused-ring (bicyclic) bond motifs is 1. The Hall–Kier alpha value is -4.27. The van der Waals surface area contributed by atoms with E-state index in [9.17, 15) is 27.6 Å². The maximum Gasteiger partial charge on any atom is 0.417 e. The van der Waals surface area contributed by atoms with Crippen LogP contribution in [0.4, 0.5) is 13.2 Å². The first-order valence-corrected chi connectivity index (χ1v) is 14.1. The Bertz CT molecular complexity index is 1860. The van der Waals surface area contributed by atoms with Gasteiger partial charge in [0.1, 0.15) is 5.69 Å². The first-order valence-electron chi connectivity index (χ1n) is 13.3. The number of rotatable bonds is 4. The van der Waals surface area contributed by atoms with Gasteiger partial charge in [0.05, 0.1) is 23.5 Å². The van der Waals surface area contributed by atoms with Gasteiger partial charge in [-0.1, -0.05) is 15.9 Å². The van der Waals surface area contributed by atoms with E-state index in [-0.39, 0.29) is 46.4 Å². The molecule has 43 heavy (non-hydrogen) atoms. The molecule has 1 N–H and O–H groups in total. The van der Waals surface area contributed by atoms with Crippen LogP contribution in [-0.4, -0.2) is 58.9 Å². The van der Waals surface area contributed by atoms with Crippen molar-refractivity contribution in [3.8, 4) is 11.8 Å². The number of benzene rings is 1. The van der Waals surface area contributed by atoms with Crippen LogP contribution in [0.2, 0.25) is 0 Å². The lowest BCUT2D eigenvalue weighted by Gasteiger charge is -2.34. The zero-order valence-corrected chi connectivity index (χ0v) is 25.8. The molecule has 0 saturated heterocycles. The van der Waals surface area contributed by atoms with E-state index in [0.717, 1.165) is 6.07 Å². The summed E-state index contributed by atoms with van der Waals surface area (Å²) in [5, 5.41) is 11.6. The van der Waals surface area contributed by atoms with E-state index in [0.29, 0.717) is 28.2 Å². The molecule has 0 bridgehead atoms. The fourth-order valence-electron chi connectivity index (χ4n) is 5.39. The molecule has 1 aliphatic heterocycles. The quantitative estimate of drug-likeness (QED) is 0.356. The Balaban J connectivity index is 1.67. The van der Waals surface area contributed by atoms with Crippen LogP contribution in [0.3, 0.4) is 0 Å². The topological polar surface area (TPSA) is 120 Å². The third-order valence-corrected chi connectivity index (χ3v) is 8.18. The predicted molar refractivity (Wildman–Crippen MR) is 154 cm³/mol. The lowest BCUT2D eigenvalue weighted by molar-refractivity contribution is -0.138. The fourth-order valence-corrected chi connectivity index (χ4v) is 5.86. The summed E-state index contributed by atoms with van der Waals surface area (Å²) in [4.78, 5) is 46.6. The van der Waals surface area contributed by atoms with E-state index in [1.54, 1.807) is 40.8 Å². The summed E-state index contributed by atoms with van der Waals surface area (Å²) >= 11 is 2.91. The van der Waals surface area contributed by atoms with Crippen LogP contribution in [0.5, 0.6) is 0 Å². The zero-order chi connectivity index (χ0) is 31.5. The number of hydrogen-bond donors (Lipinski definition) is 1. The molecule has 1 aliphatic rings. The summed E-state index contributed by atoms with van der Waals surface area (Å²) < 4.78 is 44.7. The zero-order valence-electron chi connectivity index (χ0n) is 24.2. The second-order valence-corrected chi connectivity index (χ2v) is 11.3. The monoisotopic (exact) mass is 660 g/mol. The average molecular weight is 661 g/mol. The van der Waals surface area contributed by atoms with Crippen molar-refractivity contribution in [2.45, 2.75) is 52.9 Å². The fraction of sp³-hybridized carbons (Fsp3) is 0.357. The Morgan fingerprint density at radius 2 is 1.81 bits per heavy atom. The molecule has 2 amide bonds. The molecular weight excluding hydrogens is 633 g/mol. The van der Waals surface area contributed by atoms with E-state index in [1.807, 2.05) is 0 Å². The van der Waals surface area contributed by atoms with Crippen LogP contribution >= 0.6 is 15.9 Å².